The first-order chi connectivity index (χ1) is 12.5. The average molecular weight is 352 g/mol. The molecule has 1 saturated heterocycles. The molecule has 1 amide bonds. The van der Waals surface area contributed by atoms with E-state index in [1.165, 1.54) is 18.5 Å². The fourth-order valence-electron chi connectivity index (χ4n) is 3.05. The fourth-order valence-corrected chi connectivity index (χ4v) is 3.05. The van der Waals surface area contributed by atoms with Gasteiger partial charge in [-0.15, -0.1) is 0 Å². The van der Waals surface area contributed by atoms with Crippen LogP contribution in [0.2, 0.25) is 0 Å². The predicted molar refractivity (Wildman–Crippen MR) is 103 cm³/mol. The SMILES string of the molecule is Cc1ccc(C(=O)OCC(=O)Nc2ccc(N3CCCC3)cc2C)cc1. The molecule has 1 N–H and O–H groups in total. The summed E-state index contributed by atoms with van der Waals surface area (Å²) >= 11 is 0. The number of carbonyl (C=O) groups is 2. The van der Waals surface area contributed by atoms with Crippen molar-refractivity contribution < 1.29 is 14.3 Å². The van der Waals surface area contributed by atoms with E-state index in [4.69, 9.17) is 4.74 Å². The molecule has 0 spiro atoms. The molecule has 26 heavy (non-hydrogen) atoms. The Labute approximate surface area is 154 Å². The van der Waals surface area contributed by atoms with Crippen molar-refractivity contribution in [1.82, 2.24) is 0 Å². The number of rotatable bonds is 5. The normalized spacial score (nSPS) is 13.5. The summed E-state index contributed by atoms with van der Waals surface area (Å²) < 4.78 is 5.09. The number of anilines is 2. The Morgan fingerprint density at radius 2 is 1.73 bits per heavy atom. The highest BCUT2D eigenvalue weighted by atomic mass is 16.5. The molecule has 5 nitrogen and oxygen atoms in total. The van der Waals surface area contributed by atoms with Gasteiger partial charge in [-0.25, -0.2) is 4.79 Å². The zero-order valence-corrected chi connectivity index (χ0v) is 15.2. The molecule has 0 aliphatic carbocycles. The second-order valence-corrected chi connectivity index (χ2v) is 6.68. The third kappa shape index (κ3) is 4.42. The number of nitrogens with zero attached hydrogens (tertiary/aromatic N) is 1. The molecule has 1 aliphatic rings. The lowest BCUT2D eigenvalue weighted by Crippen LogP contribution is -2.22. The van der Waals surface area contributed by atoms with Crippen LogP contribution in [0.15, 0.2) is 42.5 Å². The molecule has 0 atom stereocenters. The number of carbonyl (C=O) groups excluding carboxylic acids is 2. The first-order valence-corrected chi connectivity index (χ1v) is 8.92. The van der Waals surface area contributed by atoms with Crippen LogP contribution < -0.4 is 10.2 Å². The Kier molecular flexibility index (Phi) is 5.56. The van der Waals surface area contributed by atoms with Crippen LogP contribution in [0.25, 0.3) is 0 Å². The van der Waals surface area contributed by atoms with Crippen molar-refractivity contribution in [3.8, 4) is 0 Å². The van der Waals surface area contributed by atoms with Gasteiger partial charge in [0, 0.05) is 24.5 Å². The number of nitrogens with one attached hydrogen (secondary N) is 1. The number of amides is 1. The van der Waals surface area contributed by atoms with E-state index in [2.05, 4.69) is 16.3 Å². The van der Waals surface area contributed by atoms with Gasteiger partial charge in [0.1, 0.15) is 0 Å². The van der Waals surface area contributed by atoms with E-state index in [0.29, 0.717) is 5.56 Å². The van der Waals surface area contributed by atoms with Crippen molar-refractivity contribution in [3.63, 3.8) is 0 Å². The lowest BCUT2D eigenvalue weighted by atomic mass is 10.1. The Morgan fingerprint density at radius 1 is 1.04 bits per heavy atom. The largest absolute Gasteiger partial charge is 0.452 e. The highest BCUT2D eigenvalue weighted by Gasteiger charge is 2.14. The summed E-state index contributed by atoms with van der Waals surface area (Å²) in [6.07, 6.45) is 2.45. The minimum atomic E-state index is -0.499. The second-order valence-electron chi connectivity index (χ2n) is 6.68. The summed E-state index contributed by atoms with van der Waals surface area (Å²) in [6, 6.07) is 13.1. The molecular formula is C21H24N2O3. The van der Waals surface area contributed by atoms with Crippen LogP contribution in [0.5, 0.6) is 0 Å². The van der Waals surface area contributed by atoms with Crippen LogP contribution in [0, 0.1) is 13.8 Å². The van der Waals surface area contributed by atoms with Crippen LogP contribution in [0.4, 0.5) is 11.4 Å². The first kappa shape index (κ1) is 18.0. The number of aryl methyl sites for hydroxylation is 2. The Bertz CT molecular complexity index is 793. The number of esters is 1. The van der Waals surface area contributed by atoms with Gasteiger partial charge >= 0.3 is 5.97 Å². The first-order valence-electron chi connectivity index (χ1n) is 8.92. The van der Waals surface area contributed by atoms with E-state index in [-0.39, 0.29) is 12.5 Å². The Hall–Kier alpha value is -2.82. The number of ether oxygens (including phenoxy) is 1. The molecule has 0 radical (unpaired) electrons. The zero-order valence-electron chi connectivity index (χ0n) is 15.2. The number of benzene rings is 2. The number of hydrogen-bond donors (Lipinski definition) is 1. The van der Waals surface area contributed by atoms with Crippen LogP contribution in [0.3, 0.4) is 0 Å². The lowest BCUT2D eigenvalue weighted by molar-refractivity contribution is -0.119. The molecular weight excluding hydrogens is 328 g/mol. The monoisotopic (exact) mass is 352 g/mol. The molecule has 1 heterocycles. The molecule has 0 unspecified atom stereocenters. The summed E-state index contributed by atoms with van der Waals surface area (Å²) in [7, 11) is 0. The van der Waals surface area contributed by atoms with Gasteiger partial charge in [-0.05, 0) is 62.6 Å². The highest BCUT2D eigenvalue weighted by Crippen LogP contribution is 2.25. The van der Waals surface area contributed by atoms with E-state index in [9.17, 15) is 9.59 Å². The molecule has 136 valence electrons. The van der Waals surface area contributed by atoms with E-state index in [1.54, 1.807) is 12.1 Å². The summed E-state index contributed by atoms with van der Waals surface area (Å²) in [5, 5.41) is 2.81. The van der Waals surface area contributed by atoms with Gasteiger partial charge in [-0.3, -0.25) is 4.79 Å². The van der Waals surface area contributed by atoms with Gasteiger partial charge in [0.05, 0.1) is 5.56 Å². The Balaban J connectivity index is 1.54. The molecule has 3 rings (SSSR count). The van der Waals surface area contributed by atoms with Crippen molar-refractivity contribution in [2.45, 2.75) is 26.7 Å². The average Bonchev–Trinajstić information content (AvgIpc) is 3.17. The number of hydrogen-bond acceptors (Lipinski definition) is 4. The lowest BCUT2D eigenvalue weighted by Gasteiger charge is -2.19. The molecule has 1 fully saturated rings. The van der Waals surface area contributed by atoms with Crippen LogP contribution in [0.1, 0.15) is 34.3 Å². The zero-order chi connectivity index (χ0) is 18.5. The second kappa shape index (κ2) is 8.04. The van der Waals surface area contributed by atoms with Crippen LogP contribution in [-0.4, -0.2) is 31.6 Å². The van der Waals surface area contributed by atoms with Crippen molar-refractivity contribution in [2.24, 2.45) is 0 Å². The maximum Gasteiger partial charge on any atom is 0.338 e. The quantitative estimate of drug-likeness (QED) is 0.834. The summed E-state index contributed by atoms with van der Waals surface area (Å²) in [5.74, 6) is -0.844. The van der Waals surface area contributed by atoms with Gasteiger partial charge in [0.15, 0.2) is 6.61 Å². The molecule has 1 aliphatic heterocycles. The molecule has 2 aromatic carbocycles. The smallest absolute Gasteiger partial charge is 0.338 e. The fraction of sp³-hybridized carbons (Fsp3) is 0.333. The third-order valence-electron chi connectivity index (χ3n) is 4.58. The van der Waals surface area contributed by atoms with E-state index < -0.39 is 5.97 Å². The van der Waals surface area contributed by atoms with Gasteiger partial charge in [-0.1, -0.05) is 17.7 Å². The minimum Gasteiger partial charge on any atom is -0.452 e. The standard InChI is InChI=1S/C21H24N2O3/c1-15-5-7-17(8-6-15)21(25)26-14-20(24)22-19-10-9-18(13-16(19)2)23-11-3-4-12-23/h5-10,13H,3-4,11-12,14H2,1-2H3,(H,22,24). The van der Waals surface area contributed by atoms with E-state index in [0.717, 1.165) is 29.9 Å². The third-order valence-corrected chi connectivity index (χ3v) is 4.58. The molecule has 5 heteroatoms. The van der Waals surface area contributed by atoms with Crippen molar-refractivity contribution >= 4 is 23.3 Å². The summed E-state index contributed by atoms with van der Waals surface area (Å²) in [6.45, 7) is 5.77. The van der Waals surface area contributed by atoms with Crippen LogP contribution >= 0.6 is 0 Å². The minimum absolute atomic E-state index is 0.306. The molecule has 2 aromatic rings. The maximum absolute atomic E-state index is 12.1. The van der Waals surface area contributed by atoms with Crippen molar-refractivity contribution in [1.29, 1.82) is 0 Å². The predicted octanol–water partition coefficient (Wildman–Crippen LogP) is 3.70. The summed E-state index contributed by atoms with van der Waals surface area (Å²) in [4.78, 5) is 26.4. The molecule has 0 saturated carbocycles. The van der Waals surface area contributed by atoms with Gasteiger partial charge in [0.2, 0.25) is 0 Å². The highest BCUT2D eigenvalue weighted by molar-refractivity contribution is 5.96. The van der Waals surface area contributed by atoms with Gasteiger partial charge in [-0.2, -0.15) is 0 Å². The summed E-state index contributed by atoms with van der Waals surface area (Å²) in [5.41, 5.74) is 4.42. The van der Waals surface area contributed by atoms with Gasteiger partial charge in [0.25, 0.3) is 5.91 Å². The molecule has 0 aromatic heterocycles. The van der Waals surface area contributed by atoms with E-state index in [1.807, 2.05) is 38.1 Å². The molecule has 0 bridgehead atoms. The van der Waals surface area contributed by atoms with Crippen molar-refractivity contribution in [3.05, 3.63) is 59.2 Å². The van der Waals surface area contributed by atoms with E-state index >= 15 is 0 Å². The van der Waals surface area contributed by atoms with Crippen LogP contribution in [-0.2, 0) is 9.53 Å². The topological polar surface area (TPSA) is 58.6 Å². The maximum atomic E-state index is 12.1. The Morgan fingerprint density at radius 3 is 2.38 bits per heavy atom. The van der Waals surface area contributed by atoms with Gasteiger partial charge < -0.3 is 15.0 Å². The van der Waals surface area contributed by atoms with Crippen molar-refractivity contribution in [2.75, 3.05) is 29.9 Å².